The topological polar surface area (TPSA) is 59.4 Å². The van der Waals surface area contributed by atoms with Gasteiger partial charge >= 0.3 is 0 Å². The molecule has 6 heteroatoms. The molecule has 3 rings (SSSR count). The summed E-state index contributed by atoms with van der Waals surface area (Å²) in [5.41, 5.74) is 2.04. The van der Waals surface area contributed by atoms with Crippen molar-refractivity contribution in [3.63, 3.8) is 0 Å². The van der Waals surface area contributed by atoms with E-state index in [0.717, 1.165) is 36.3 Å². The van der Waals surface area contributed by atoms with E-state index in [-0.39, 0.29) is 11.9 Å². The van der Waals surface area contributed by atoms with Gasteiger partial charge in [0.15, 0.2) is 0 Å². The van der Waals surface area contributed by atoms with Crippen molar-refractivity contribution in [3.05, 3.63) is 36.7 Å². The second kappa shape index (κ2) is 8.16. The van der Waals surface area contributed by atoms with Crippen LogP contribution in [0.3, 0.4) is 0 Å². The number of benzene rings is 1. The van der Waals surface area contributed by atoms with Gasteiger partial charge in [-0.25, -0.2) is 0 Å². The molecular weight excluding hydrogens is 316 g/mol. The fourth-order valence-corrected chi connectivity index (χ4v) is 3.14. The second-order valence-corrected chi connectivity index (χ2v) is 6.49. The van der Waals surface area contributed by atoms with Gasteiger partial charge in [-0.1, -0.05) is 6.42 Å². The van der Waals surface area contributed by atoms with Gasteiger partial charge in [-0.3, -0.25) is 14.4 Å². The minimum absolute atomic E-state index is 0.00371. The van der Waals surface area contributed by atoms with Crippen LogP contribution < -0.4 is 10.1 Å². The number of likely N-dealkylation sites (N-methyl/N-ethyl adjacent to an activating group) is 1. The van der Waals surface area contributed by atoms with E-state index in [1.807, 2.05) is 38.6 Å². The number of amides is 1. The van der Waals surface area contributed by atoms with Crippen LogP contribution in [0.5, 0.6) is 5.75 Å². The van der Waals surface area contributed by atoms with E-state index in [4.69, 9.17) is 4.74 Å². The molecule has 1 fully saturated rings. The van der Waals surface area contributed by atoms with Crippen LogP contribution in [-0.2, 0) is 11.8 Å². The van der Waals surface area contributed by atoms with Crippen LogP contribution in [0.25, 0.3) is 11.1 Å². The first-order valence-corrected chi connectivity index (χ1v) is 8.74. The highest BCUT2D eigenvalue weighted by Crippen LogP contribution is 2.22. The lowest BCUT2D eigenvalue weighted by Crippen LogP contribution is -2.48. The lowest BCUT2D eigenvalue weighted by Gasteiger charge is -2.31. The van der Waals surface area contributed by atoms with Crippen molar-refractivity contribution in [2.24, 2.45) is 7.05 Å². The fraction of sp³-hybridized carbons (Fsp3) is 0.474. The second-order valence-electron chi connectivity index (χ2n) is 6.49. The minimum Gasteiger partial charge on any atom is -0.492 e. The Morgan fingerprint density at radius 3 is 3.00 bits per heavy atom. The summed E-state index contributed by atoms with van der Waals surface area (Å²) in [6.45, 7) is 1.93. The van der Waals surface area contributed by atoms with E-state index in [1.165, 1.54) is 6.42 Å². The van der Waals surface area contributed by atoms with Crippen LogP contribution in [0.2, 0.25) is 0 Å². The van der Waals surface area contributed by atoms with Crippen molar-refractivity contribution in [1.29, 1.82) is 0 Å². The first-order valence-electron chi connectivity index (χ1n) is 8.74. The molecule has 0 spiro atoms. The van der Waals surface area contributed by atoms with Gasteiger partial charge in [0, 0.05) is 18.8 Å². The van der Waals surface area contributed by atoms with Gasteiger partial charge in [0.2, 0.25) is 5.91 Å². The van der Waals surface area contributed by atoms with Crippen LogP contribution in [0.1, 0.15) is 19.3 Å². The quantitative estimate of drug-likeness (QED) is 0.815. The average Bonchev–Trinajstić information content (AvgIpc) is 3.06. The van der Waals surface area contributed by atoms with Gasteiger partial charge < -0.3 is 10.1 Å². The number of ether oxygens (including phenoxy) is 1. The molecule has 0 aliphatic carbocycles. The molecule has 2 aromatic rings. The van der Waals surface area contributed by atoms with E-state index in [9.17, 15) is 4.79 Å². The summed E-state index contributed by atoms with van der Waals surface area (Å²) in [7, 11) is 3.90. The number of hydrogen-bond donors (Lipinski definition) is 1. The Morgan fingerprint density at radius 1 is 1.36 bits per heavy atom. The van der Waals surface area contributed by atoms with Crippen molar-refractivity contribution in [1.82, 2.24) is 20.0 Å². The monoisotopic (exact) mass is 341 g/mol. The molecule has 1 aromatic heterocycles. The van der Waals surface area contributed by atoms with Gasteiger partial charge in [0.25, 0.3) is 0 Å². The lowest BCUT2D eigenvalue weighted by molar-refractivity contribution is -0.127. The SMILES string of the molecule is CN1CCCC[C@H]1C(=O)NCCOc1c[c]cc(-c2cnn(C)c2)c1. The molecule has 2 heterocycles. The summed E-state index contributed by atoms with van der Waals surface area (Å²) in [6.07, 6.45) is 7.00. The maximum Gasteiger partial charge on any atom is 0.237 e. The normalized spacial score (nSPS) is 18.1. The van der Waals surface area contributed by atoms with Gasteiger partial charge in [-0.05, 0) is 56.3 Å². The molecule has 25 heavy (non-hydrogen) atoms. The van der Waals surface area contributed by atoms with Crippen LogP contribution in [0, 0.1) is 6.07 Å². The van der Waals surface area contributed by atoms with E-state index in [0.29, 0.717) is 13.2 Å². The van der Waals surface area contributed by atoms with E-state index in [1.54, 1.807) is 10.7 Å². The lowest BCUT2D eigenvalue weighted by atomic mass is 10.0. The zero-order chi connectivity index (χ0) is 17.6. The van der Waals surface area contributed by atoms with E-state index < -0.39 is 0 Å². The summed E-state index contributed by atoms with van der Waals surface area (Å²) in [6, 6.07) is 8.76. The molecule has 0 saturated carbocycles. The number of nitrogens with one attached hydrogen (secondary N) is 1. The highest BCUT2D eigenvalue weighted by Gasteiger charge is 2.25. The predicted octanol–water partition coefficient (Wildman–Crippen LogP) is 1.87. The number of carbonyl (C=O) groups excluding carboxylic acids is 1. The summed E-state index contributed by atoms with van der Waals surface area (Å²) in [4.78, 5) is 14.4. The minimum atomic E-state index is -0.00371. The number of likely N-dealkylation sites (tertiary alicyclic amines) is 1. The highest BCUT2D eigenvalue weighted by molar-refractivity contribution is 5.81. The zero-order valence-electron chi connectivity index (χ0n) is 14.9. The standard InChI is InChI=1S/C19H25N4O2/c1-22-10-4-3-8-18(22)19(24)20-9-11-25-17-7-5-6-15(12-17)16-13-21-23(2)14-16/h6-7,12-14,18H,3-4,8-11H2,1-2H3,(H,20,24)/t18-/m0/s1. The largest absolute Gasteiger partial charge is 0.492 e. The molecule has 0 bridgehead atoms. The molecule has 0 unspecified atom stereocenters. The third-order valence-electron chi connectivity index (χ3n) is 4.54. The Balaban J connectivity index is 1.47. The van der Waals surface area contributed by atoms with E-state index in [2.05, 4.69) is 21.4 Å². The number of piperidine rings is 1. The van der Waals surface area contributed by atoms with Crippen molar-refractivity contribution >= 4 is 5.91 Å². The fourth-order valence-electron chi connectivity index (χ4n) is 3.14. The Kier molecular flexibility index (Phi) is 5.71. The predicted molar refractivity (Wildman–Crippen MR) is 96.3 cm³/mol. The third kappa shape index (κ3) is 4.60. The number of rotatable bonds is 6. The van der Waals surface area contributed by atoms with Crippen molar-refractivity contribution in [2.75, 3.05) is 26.7 Å². The molecule has 1 saturated heterocycles. The smallest absolute Gasteiger partial charge is 0.237 e. The van der Waals surface area contributed by atoms with Crippen LogP contribution in [-0.4, -0.2) is 53.4 Å². The summed E-state index contributed by atoms with van der Waals surface area (Å²) < 4.78 is 7.52. The Bertz CT molecular complexity index is 713. The molecule has 1 N–H and O–H groups in total. The number of aryl methyl sites for hydroxylation is 1. The number of aromatic nitrogens is 2. The van der Waals surface area contributed by atoms with Crippen LogP contribution in [0.15, 0.2) is 30.6 Å². The first-order chi connectivity index (χ1) is 12.1. The Labute approximate surface area is 148 Å². The summed E-state index contributed by atoms with van der Waals surface area (Å²) in [5, 5.41) is 7.15. The Morgan fingerprint density at radius 2 is 2.24 bits per heavy atom. The van der Waals surface area contributed by atoms with Crippen molar-refractivity contribution < 1.29 is 9.53 Å². The number of nitrogens with zero attached hydrogens (tertiary/aromatic N) is 3. The zero-order valence-corrected chi connectivity index (χ0v) is 14.9. The molecule has 6 nitrogen and oxygen atoms in total. The van der Waals surface area contributed by atoms with Crippen LogP contribution >= 0.6 is 0 Å². The molecule has 1 radical (unpaired) electrons. The number of carbonyl (C=O) groups is 1. The van der Waals surface area contributed by atoms with Crippen molar-refractivity contribution in [3.8, 4) is 16.9 Å². The van der Waals surface area contributed by atoms with E-state index >= 15 is 0 Å². The molecule has 1 aromatic carbocycles. The highest BCUT2D eigenvalue weighted by atomic mass is 16.5. The molecule has 1 aliphatic rings. The van der Waals surface area contributed by atoms with Crippen LogP contribution in [0.4, 0.5) is 0 Å². The van der Waals surface area contributed by atoms with Gasteiger partial charge in [0.1, 0.15) is 12.4 Å². The van der Waals surface area contributed by atoms with Gasteiger partial charge in [-0.2, -0.15) is 5.10 Å². The molecular formula is C19H25N4O2. The number of hydrogen-bond acceptors (Lipinski definition) is 4. The molecule has 1 atom stereocenters. The molecule has 133 valence electrons. The molecule has 1 amide bonds. The Hall–Kier alpha value is -2.34. The summed E-state index contributed by atoms with van der Waals surface area (Å²) in [5.74, 6) is 0.840. The average molecular weight is 341 g/mol. The summed E-state index contributed by atoms with van der Waals surface area (Å²) >= 11 is 0. The van der Waals surface area contributed by atoms with Crippen molar-refractivity contribution in [2.45, 2.75) is 25.3 Å². The maximum absolute atomic E-state index is 12.2. The first kappa shape index (κ1) is 17.5. The maximum atomic E-state index is 12.2. The van der Waals surface area contributed by atoms with Gasteiger partial charge in [-0.15, -0.1) is 0 Å². The van der Waals surface area contributed by atoms with Gasteiger partial charge in [0.05, 0.1) is 18.8 Å². The molecule has 1 aliphatic heterocycles. The third-order valence-corrected chi connectivity index (χ3v) is 4.54.